The molecule has 0 N–H and O–H groups in total. The molecule has 1 aromatic rings. The predicted octanol–water partition coefficient (Wildman–Crippen LogP) is 6.28. The summed E-state index contributed by atoms with van der Waals surface area (Å²) >= 11 is 0. The highest BCUT2D eigenvalue weighted by Crippen LogP contribution is 2.22. The van der Waals surface area contributed by atoms with Crippen molar-refractivity contribution in [2.45, 2.75) is 20.8 Å². The second-order valence-electron chi connectivity index (χ2n) is 5.06. The van der Waals surface area contributed by atoms with Gasteiger partial charge in [0.1, 0.15) is 0 Å². The van der Waals surface area contributed by atoms with Crippen LogP contribution >= 0.6 is 0 Å². The van der Waals surface area contributed by atoms with Crippen LogP contribution in [-0.4, -0.2) is 0 Å². The number of hydrogen-bond donors (Lipinski definition) is 0. The Morgan fingerprint density at radius 1 is 1.05 bits per heavy atom. The molecular formula is C21H24. The maximum atomic E-state index is 4.17. The quantitative estimate of drug-likeness (QED) is 0.536. The Balaban J connectivity index is 3.23. The molecule has 108 valence electrons. The Morgan fingerprint density at radius 2 is 1.71 bits per heavy atom. The smallest absolute Gasteiger partial charge is 0.0179 e. The Kier molecular flexibility index (Phi) is 6.97. The van der Waals surface area contributed by atoms with Gasteiger partial charge in [0, 0.05) is 0 Å². The van der Waals surface area contributed by atoms with Gasteiger partial charge in [0.25, 0.3) is 0 Å². The summed E-state index contributed by atoms with van der Waals surface area (Å²) in [5.74, 6) is 0. The largest absolute Gasteiger partial charge is 0.0984 e. The maximum Gasteiger partial charge on any atom is -0.0179 e. The number of benzene rings is 1. The third kappa shape index (κ3) is 5.66. The molecule has 0 spiro atoms. The molecule has 0 heteroatoms. The van der Waals surface area contributed by atoms with E-state index in [4.69, 9.17) is 0 Å². The molecular weight excluding hydrogens is 252 g/mol. The lowest BCUT2D eigenvalue weighted by Gasteiger charge is -2.07. The summed E-state index contributed by atoms with van der Waals surface area (Å²) in [7, 11) is 0. The van der Waals surface area contributed by atoms with E-state index in [0.29, 0.717) is 0 Å². The first kappa shape index (κ1) is 16.7. The molecule has 0 fully saturated rings. The lowest BCUT2D eigenvalue weighted by atomic mass is 9.98. The van der Waals surface area contributed by atoms with Gasteiger partial charge in [0.2, 0.25) is 0 Å². The van der Waals surface area contributed by atoms with Crippen LogP contribution in [0, 0.1) is 0 Å². The van der Waals surface area contributed by atoms with Crippen molar-refractivity contribution >= 4 is 5.57 Å². The molecule has 0 atom stereocenters. The fourth-order valence-electron chi connectivity index (χ4n) is 1.93. The van der Waals surface area contributed by atoms with Crippen LogP contribution in [0.2, 0.25) is 0 Å². The van der Waals surface area contributed by atoms with Crippen LogP contribution in [0.1, 0.15) is 26.3 Å². The van der Waals surface area contributed by atoms with Gasteiger partial charge in [-0.3, -0.25) is 0 Å². The van der Waals surface area contributed by atoms with E-state index in [0.717, 1.165) is 16.7 Å². The van der Waals surface area contributed by atoms with Crippen molar-refractivity contribution in [2.75, 3.05) is 0 Å². The number of rotatable bonds is 6. The van der Waals surface area contributed by atoms with Crippen molar-refractivity contribution in [1.29, 1.82) is 0 Å². The van der Waals surface area contributed by atoms with Crippen molar-refractivity contribution in [3.8, 4) is 0 Å². The second-order valence-corrected chi connectivity index (χ2v) is 5.06. The zero-order chi connectivity index (χ0) is 15.7. The van der Waals surface area contributed by atoms with Gasteiger partial charge in [0.15, 0.2) is 0 Å². The zero-order valence-corrected chi connectivity index (χ0v) is 13.3. The summed E-state index contributed by atoms with van der Waals surface area (Å²) in [5.41, 5.74) is 5.60. The topological polar surface area (TPSA) is 0 Å². The van der Waals surface area contributed by atoms with Crippen LogP contribution in [0.4, 0.5) is 0 Å². The second kappa shape index (κ2) is 8.76. The molecule has 0 unspecified atom stereocenters. The molecule has 0 aromatic heterocycles. The van der Waals surface area contributed by atoms with Gasteiger partial charge in [-0.05, 0) is 49.1 Å². The Labute approximate surface area is 129 Å². The van der Waals surface area contributed by atoms with Crippen molar-refractivity contribution in [1.82, 2.24) is 0 Å². The van der Waals surface area contributed by atoms with Crippen molar-refractivity contribution in [3.05, 3.63) is 102 Å². The van der Waals surface area contributed by atoms with Crippen LogP contribution in [-0.2, 0) is 0 Å². The Hall–Kier alpha value is -2.34. The molecule has 0 aliphatic rings. The molecule has 1 rings (SSSR count). The van der Waals surface area contributed by atoms with E-state index in [1.54, 1.807) is 0 Å². The molecule has 0 bridgehead atoms. The minimum absolute atomic E-state index is 0.958. The number of hydrogen-bond acceptors (Lipinski definition) is 0. The van der Waals surface area contributed by atoms with Gasteiger partial charge < -0.3 is 0 Å². The van der Waals surface area contributed by atoms with E-state index in [9.17, 15) is 0 Å². The maximum absolute atomic E-state index is 4.17. The van der Waals surface area contributed by atoms with Crippen molar-refractivity contribution < 1.29 is 0 Å². The average molecular weight is 276 g/mol. The monoisotopic (exact) mass is 276 g/mol. The zero-order valence-electron chi connectivity index (χ0n) is 13.3. The van der Waals surface area contributed by atoms with Crippen molar-refractivity contribution in [2.24, 2.45) is 0 Å². The van der Waals surface area contributed by atoms with Gasteiger partial charge in [-0.15, -0.1) is 0 Å². The van der Waals surface area contributed by atoms with Gasteiger partial charge in [-0.1, -0.05) is 79.4 Å². The molecule has 0 saturated heterocycles. The lowest BCUT2D eigenvalue weighted by molar-refractivity contribution is 1.39. The minimum Gasteiger partial charge on any atom is -0.0984 e. The standard InChI is InChI=1S/C21H24/c1-6-8-12-19(7-2)18(5)16-21(15-17(3)4)20-13-10-9-11-14-20/h6-16H,2,5H2,1,3-4H3/b8-6-,19-12+,21-16+. The summed E-state index contributed by atoms with van der Waals surface area (Å²) in [6.07, 6.45) is 12.1. The van der Waals surface area contributed by atoms with Crippen LogP contribution in [0.5, 0.6) is 0 Å². The van der Waals surface area contributed by atoms with E-state index in [-0.39, 0.29) is 0 Å². The first-order valence-corrected chi connectivity index (χ1v) is 7.15. The molecule has 0 amide bonds. The van der Waals surface area contributed by atoms with E-state index < -0.39 is 0 Å². The molecule has 0 radical (unpaired) electrons. The van der Waals surface area contributed by atoms with E-state index >= 15 is 0 Å². The van der Waals surface area contributed by atoms with Crippen molar-refractivity contribution in [3.63, 3.8) is 0 Å². The van der Waals surface area contributed by atoms with Gasteiger partial charge >= 0.3 is 0 Å². The summed E-state index contributed by atoms with van der Waals surface area (Å²) in [6.45, 7) is 14.2. The summed E-state index contributed by atoms with van der Waals surface area (Å²) in [5, 5.41) is 0. The van der Waals surface area contributed by atoms with Gasteiger partial charge in [-0.2, -0.15) is 0 Å². The summed E-state index contributed by atoms with van der Waals surface area (Å²) < 4.78 is 0. The summed E-state index contributed by atoms with van der Waals surface area (Å²) in [4.78, 5) is 0. The molecule has 0 saturated carbocycles. The Morgan fingerprint density at radius 3 is 2.24 bits per heavy atom. The average Bonchev–Trinajstić information content (AvgIpc) is 2.48. The SMILES string of the molecule is C=C/C(=C\C=C/C)C(=C)/C=C(\C=C(C)C)c1ccccc1. The van der Waals surface area contributed by atoms with Crippen LogP contribution < -0.4 is 0 Å². The fraction of sp³-hybridized carbons (Fsp3) is 0.143. The van der Waals surface area contributed by atoms with Gasteiger partial charge in [-0.25, -0.2) is 0 Å². The van der Waals surface area contributed by atoms with E-state index in [1.807, 2.05) is 37.3 Å². The highest BCUT2D eigenvalue weighted by atomic mass is 14.1. The molecule has 0 aliphatic carbocycles. The molecule has 1 aromatic carbocycles. The first-order valence-electron chi connectivity index (χ1n) is 7.15. The Bertz CT molecular complexity index is 601. The number of allylic oxidation sites excluding steroid dienone is 10. The third-order valence-electron chi connectivity index (χ3n) is 2.94. The normalized spacial score (nSPS) is 12.3. The predicted molar refractivity (Wildman–Crippen MR) is 96.1 cm³/mol. The lowest BCUT2D eigenvalue weighted by Crippen LogP contribution is -1.86. The molecule has 0 heterocycles. The fourth-order valence-corrected chi connectivity index (χ4v) is 1.93. The third-order valence-corrected chi connectivity index (χ3v) is 2.94. The molecule has 0 nitrogen and oxygen atoms in total. The first-order chi connectivity index (χ1) is 10.1. The van der Waals surface area contributed by atoms with Crippen LogP contribution in [0.3, 0.4) is 0 Å². The highest BCUT2D eigenvalue weighted by molar-refractivity contribution is 5.77. The molecule has 21 heavy (non-hydrogen) atoms. The van der Waals surface area contributed by atoms with Gasteiger partial charge in [0.05, 0.1) is 0 Å². The summed E-state index contributed by atoms with van der Waals surface area (Å²) in [6, 6.07) is 10.4. The van der Waals surface area contributed by atoms with Crippen LogP contribution in [0.25, 0.3) is 5.57 Å². The van der Waals surface area contributed by atoms with E-state index in [2.05, 4.69) is 63.4 Å². The minimum atomic E-state index is 0.958. The highest BCUT2D eigenvalue weighted by Gasteiger charge is 2.01. The van der Waals surface area contributed by atoms with Crippen LogP contribution in [0.15, 0.2) is 96.7 Å². The molecule has 0 aliphatic heterocycles. The van der Waals surface area contributed by atoms with E-state index in [1.165, 1.54) is 11.1 Å².